The maximum absolute atomic E-state index is 13.1. The molecule has 0 aliphatic rings. The number of sulfonamides is 1. The molecule has 0 bridgehead atoms. The van der Waals surface area contributed by atoms with Gasteiger partial charge >= 0.3 is 5.97 Å². The predicted molar refractivity (Wildman–Crippen MR) is 141 cm³/mol. The van der Waals surface area contributed by atoms with Crippen molar-refractivity contribution < 1.29 is 27.8 Å². The molecule has 0 fully saturated rings. The largest absolute Gasteiger partial charge is 0.497 e. The summed E-state index contributed by atoms with van der Waals surface area (Å²) < 4.78 is 38.8. The number of rotatable bonds is 10. The van der Waals surface area contributed by atoms with Gasteiger partial charge in [0.05, 0.1) is 24.8 Å². The Labute approximate surface area is 223 Å². The number of carboxylic acid groups (broad SMARTS) is 1. The lowest BCUT2D eigenvalue weighted by Crippen LogP contribution is -2.42. The molecule has 2 aromatic heterocycles. The summed E-state index contributed by atoms with van der Waals surface area (Å²) in [4.78, 5) is 16.3. The minimum Gasteiger partial charge on any atom is -0.497 e. The zero-order chi connectivity index (χ0) is 27.6. The minimum absolute atomic E-state index is 0.0712. The van der Waals surface area contributed by atoms with Gasteiger partial charge in [0.2, 0.25) is 15.8 Å². The van der Waals surface area contributed by atoms with Crippen LogP contribution in [0.5, 0.6) is 11.5 Å². The van der Waals surface area contributed by atoms with E-state index in [9.17, 15) is 18.3 Å². The van der Waals surface area contributed by atoms with Crippen LogP contribution in [0.1, 0.15) is 5.56 Å². The van der Waals surface area contributed by atoms with Crippen LogP contribution in [0.15, 0.2) is 77.8 Å². The second-order valence-electron chi connectivity index (χ2n) is 8.57. The minimum atomic E-state index is -4.16. The van der Waals surface area contributed by atoms with Crippen molar-refractivity contribution >= 4 is 26.9 Å². The van der Waals surface area contributed by atoms with Gasteiger partial charge in [0, 0.05) is 29.1 Å². The van der Waals surface area contributed by atoms with E-state index in [-0.39, 0.29) is 11.3 Å². The number of nitrogens with one attached hydrogen (secondary N) is 2. The first-order valence-corrected chi connectivity index (χ1v) is 13.2. The van der Waals surface area contributed by atoms with E-state index in [0.29, 0.717) is 34.1 Å². The van der Waals surface area contributed by atoms with Gasteiger partial charge in [-0.3, -0.25) is 4.79 Å². The van der Waals surface area contributed by atoms with E-state index in [1.807, 2.05) is 6.07 Å². The molecule has 0 aliphatic heterocycles. The van der Waals surface area contributed by atoms with Gasteiger partial charge in [-0.15, -0.1) is 15.0 Å². The van der Waals surface area contributed by atoms with E-state index in [2.05, 4.69) is 25.1 Å². The molecule has 2 heterocycles. The quantitative estimate of drug-likeness (QED) is 0.238. The number of tetrazole rings is 1. The molecule has 3 aromatic carbocycles. The standard InChI is InChI=1S/C26H24N6O6S/c1-37-19-7-5-18(6-8-19)32-29-25(28-31-32)16-3-10-21(11-4-16)39(35,36)30-24(26(33)34)13-17-15-27-23-12-9-20(38-2)14-22(17)23/h3-12,14-15,24,27,30H,13H2,1-2H3,(H,33,34)/t24-/m1/s1. The lowest BCUT2D eigenvalue weighted by molar-refractivity contribution is -0.138. The number of hydrogen-bond donors (Lipinski definition) is 3. The van der Waals surface area contributed by atoms with Crippen molar-refractivity contribution in [1.82, 2.24) is 29.9 Å². The Bertz CT molecular complexity index is 1730. The normalized spacial score (nSPS) is 12.4. The fourth-order valence-electron chi connectivity index (χ4n) is 4.05. The molecule has 0 radical (unpaired) electrons. The molecule has 5 aromatic rings. The molecule has 200 valence electrons. The Morgan fingerprint density at radius 2 is 1.72 bits per heavy atom. The first-order valence-electron chi connectivity index (χ1n) is 11.7. The Morgan fingerprint density at radius 1 is 1.03 bits per heavy atom. The highest BCUT2D eigenvalue weighted by Crippen LogP contribution is 2.25. The van der Waals surface area contributed by atoms with Crippen molar-refractivity contribution in [3.05, 3.63) is 78.5 Å². The van der Waals surface area contributed by atoms with E-state index in [4.69, 9.17) is 9.47 Å². The summed E-state index contributed by atoms with van der Waals surface area (Å²) in [6.07, 6.45) is 1.59. The highest BCUT2D eigenvalue weighted by atomic mass is 32.2. The van der Waals surface area contributed by atoms with Crippen LogP contribution >= 0.6 is 0 Å². The summed E-state index contributed by atoms with van der Waals surface area (Å²) in [7, 11) is -1.05. The Balaban J connectivity index is 1.33. The average molecular weight is 549 g/mol. The Morgan fingerprint density at radius 3 is 2.38 bits per heavy atom. The first kappa shape index (κ1) is 25.9. The number of fused-ring (bicyclic) bond motifs is 1. The van der Waals surface area contributed by atoms with Crippen LogP contribution in [0, 0.1) is 0 Å². The van der Waals surface area contributed by atoms with Crippen LogP contribution in [0.4, 0.5) is 0 Å². The predicted octanol–water partition coefficient (Wildman–Crippen LogP) is 2.80. The third-order valence-electron chi connectivity index (χ3n) is 6.13. The maximum Gasteiger partial charge on any atom is 0.322 e. The number of carboxylic acids is 1. The van der Waals surface area contributed by atoms with Gasteiger partial charge in [-0.25, -0.2) is 8.42 Å². The summed E-state index contributed by atoms with van der Waals surface area (Å²) in [5.74, 6) is 0.290. The number of nitrogens with zero attached hydrogens (tertiary/aromatic N) is 4. The van der Waals surface area contributed by atoms with E-state index in [1.54, 1.807) is 49.7 Å². The molecule has 1 atom stereocenters. The lowest BCUT2D eigenvalue weighted by Gasteiger charge is -2.15. The summed E-state index contributed by atoms with van der Waals surface area (Å²) in [6.45, 7) is 0. The Kier molecular flexibility index (Phi) is 7.00. The van der Waals surface area contributed by atoms with E-state index >= 15 is 0 Å². The molecule has 0 aliphatic carbocycles. The van der Waals surface area contributed by atoms with Crippen LogP contribution in [0.2, 0.25) is 0 Å². The van der Waals surface area contributed by atoms with Crippen molar-refractivity contribution in [2.75, 3.05) is 14.2 Å². The molecule has 0 amide bonds. The van der Waals surface area contributed by atoms with Gasteiger partial charge in [-0.2, -0.15) is 4.72 Å². The number of aliphatic carboxylic acids is 1. The molecule has 3 N–H and O–H groups in total. The summed E-state index contributed by atoms with van der Waals surface area (Å²) in [6, 6.07) is 16.8. The highest BCUT2D eigenvalue weighted by molar-refractivity contribution is 7.89. The first-order chi connectivity index (χ1) is 18.8. The van der Waals surface area contributed by atoms with Crippen LogP contribution in [0.3, 0.4) is 0 Å². The number of aromatic amines is 1. The zero-order valence-corrected chi connectivity index (χ0v) is 21.7. The SMILES string of the molecule is COc1ccc(-n2nnc(-c3ccc(S(=O)(=O)N[C@H](Cc4c[nH]c5ccc(OC)cc45)C(=O)O)cc3)n2)cc1. The fraction of sp³-hybridized carbons (Fsp3) is 0.154. The van der Waals surface area contributed by atoms with E-state index in [0.717, 1.165) is 10.9 Å². The number of hydrogen-bond acceptors (Lipinski definition) is 8. The molecular weight excluding hydrogens is 524 g/mol. The van der Waals surface area contributed by atoms with Crippen LogP contribution < -0.4 is 14.2 Å². The van der Waals surface area contributed by atoms with Crippen molar-refractivity contribution in [3.8, 4) is 28.6 Å². The third kappa shape index (κ3) is 5.44. The fourth-order valence-corrected chi connectivity index (χ4v) is 5.24. The lowest BCUT2D eigenvalue weighted by atomic mass is 10.1. The Hall–Kier alpha value is -4.75. The van der Waals surface area contributed by atoms with Crippen molar-refractivity contribution in [1.29, 1.82) is 0 Å². The zero-order valence-electron chi connectivity index (χ0n) is 20.9. The molecule has 0 saturated heterocycles. The molecule has 13 heteroatoms. The van der Waals surface area contributed by atoms with Crippen molar-refractivity contribution in [3.63, 3.8) is 0 Å². The molecule has 12 nitrogen and oxygen atoms in total. The second-order valence-corrected chi connectivity index (χ2v) is 10.3. The molecular formula is C26H24N6O6S. The number of H-pyrrole nitrogens is 1. The van der Waals surface area contributed by atoms with Gasteiger partial charge < -0.3 is 19.6 Å². The van der Waals surface area contributed by atoms with Crippen molar-refractivity contribution in [2.45, 2.75) is 17.4 Å². The van der Waals surface area contributed by atoms with E-state index < -0.39 is 22.0 Å². The molecule has 0 saturated carbocycles. The smallest absolute Gasteiger partial charge is 0.322 e. The summed E-state index contributed by atoms with van der Waals surface area (Å²) >= 11 is 0. The number of benzene rings is 3. The van der Waals surface area contributed by atoms with Gasteiger partial charge in [0.1, 0.15) is 17.5 Å². The summed E-state index contributed by atoms with van der Waals surface area (Å²) in [5, 5.41) is 23.0. The van der Waals surface area contributed by atoms with Crippen molar-refractivity contribution in [2.24, 2.45) is 0 Å². The van der Waals surface area contributed by atoms with Gasteiger partial charge in [0.15, 0.2) is 0 Å². The number of carbonyl (C=O) groups is 1. The monoisotopic (exact) mass is 548 g/mol. The van der Waals surface area contributed by atoms with Crippen LogP contribution in [-0.4, -0.2) is 64.9 Å². The van der Waals surface area contributed by atoms with Crippen LogP contribution in [0.25, 0.3) is 28.0 Å². The highest BCUT2D eigenvalue weighted by Gasteiger charge is 2.27. The van der Waals surface area contributed by atoms with Crippen LogP contribution in [-0.2, 0) is 21.2 Å². The van der Waals surface area contributed by atoms with Gasteiger partial charge in [-0.1, -0.05) is 0 Å². The third-order valence-corrected chi connectivity index (χ3v) is 7.62. The molecule has 0 unspecified atom stereocenters. The molecule has 0 spiro atoms. The van der Waals surface area contributed by atoms with E-state index in [1.165, 1.54) is 36.2 Å². The van der Waals surface area contributed by atoms with Gasteiger partial charge in [-0.05, 0) is 77.5 Å². The molecule has 5 rings (SSSR count). The number of aromatic nitrogens is 5. The van der Waals surface area contributed by atoms with Gasteiger partial charge in [0.25, 0.3) is 0 Å². The number of ether oxygens (including phenoxy) is 2. The molecule has 39 heavy (non-hydrogen) atoms. The number of methoxy groups -OCH3 is 2. The topological polar surface area (TPSA) is 161 Å². The second kappa shape index (κ2) is 10.6. The summed E-state index contributed by atoms with van der Waals surface area (Å²) in [5.41, 5.74) is 2.63. The maximum atomic E-state index is 13.1. The average Bonchev–Trinajstić information content (AvgIpc) is 3.60.